The van der Waals surface area contributed by atoms with Crippen molar-refractivity contribution in [3.05, 3.63) is 35.6 Å². The van der Waals surface area contributed by atoms with Gasteiger partial charge in [0.15, 0.2) is 0 Å². The van der Waals surface area contributed by atoms with Gasteiger partial charge in [-0.25, -0.2) is 4.39 Å². The third kappa shape index (κ3) is 5.12. The Kier molecular flexibility index (Phi) is 5.72. The summed E-state index contributed by atoms with van der Waals surface area (Å²) in [7, 11) is 1.71. The first-order valence-corrected chi connectivity index (χ1v) is 6.22. The second-order valence-electron chi connectivity index (χ2n) is 5.20. The first kappa shape index (κ1) is 15.1. The molecule has 3 nitrogen and oxygen atoms in total. The van der Waals surface area contributed by atoms with E-state index in [1.165, 1.54) is 12.1 Å². The average Bonchev–Trinajstić information content (AvgIpc) is 2.37. The summed E-state index contributed by atoms with van der Waals surface area (Å²) >= 11 is 0. The molecule has 0 spiro atoms. The highest BCUT2D eigenvalue weighted by atomic mass is 19.1. The Morgan fingerprint density at radius 3 is 2.44 bits per heavy atom. The van der Waals surface area contributed by atoms with Crippen molar-refractivity contribution in [3.63, 3.8) is 0 Å². The fraction of sp³-hybridized carbons (Fsp3) is 0.571. The molecule has 0 aliphatic carbocycles. The Labute approximate surface area is 108 Å². The maximum Gasteiger partial charge on any atom is 0.123 e. The molecule has 1 unspecified atom stereocenters. The topological polar surface area (TPSA) is 47.3 Å². The van der Waals surface area contributed by atoms with Crippen LogP contribution in [0.2, 0.25) is 0 Å². The van der Waals surface area contributed by atoms with Crippen LogP contribution in [0.15, 0.2) is 24.3 Å². The number of nitrogens with two attached hydrogens (primary N) is 1. The lowest BCUT2D eigenvalue weighted by Gasteiger charge is -2.25. The van der Waals surface area contributed by atoms with Crippen LogP contribution in [-0.4, -0.2) is 18.8 Å². The largest absolute Gasteiger partial charge is 0.379 e. The fourth-order valence-corrected chi connectivity index (χ4v) is 1.77. The summed E-state index contributed by atoms with van der Waals surface area (Å²) in [6, 6.07) is 6.71. The molecule has 0 amide bonds. The molecule has 1 rings (SSSR count). The summed E-state index contributed by atoms with van der Waals surface area (Å²) in [5.74, 6) is 5.34. The summed E-state index contributed by atoms with van der Waals surface area (Å²) in [5.41, 5.74) is 3.75. The molecule has 3 N–H and O–H groups in total. The quantitative estimate of drug-likeness (QED) is 0.580. The Hall–Kier alpha value is -0.970. The minimum Gasteiger partial charge on any atom is -0.379 e. The molecule has 0 bridgehead atoms. The van der Waals surface area contributed by atoms with E-state index in [0.29, 0.717) is 0 Å². The molecule has 0 aliphatic heterocycles. The highest BCUT2D eigenvalue weighted by molar-refractivity contribution is 5.17. The van der Waals surface area contributed by atoms with Crippen molar-refractivity contribution in [2.75, 3.05) is 7.11 Å². The van der Waals surface area contributed by atoms with Crippen molar-refractivity contribution in [1.82, 2.24) is 5.43 Å². The summed E-state index contributed by atoms with van der Waals surface area (Å²) in [5, 5.41) is 0. The van der Waals surface area contributed by atoms with Gasteiger partial charge in [0, 0.05) is 13.2 Å². The van der Waals surface area contributed by atoms with Crippen LogP contribution in [0.25, 0.3) is 0 Å². The molecule has 1 aromatic carbocycles. The van der Waals surface area contributed by atoms with Crippen LogP contribution in [0, 0.1) is 5.82 Å². The zero-order chi connectivity index (χ0) is 13.6. The van der Waals surface area contributed by atoms with Gasteiger partial charge in [-0.3, -0.25) is 11.3 Å². The van der Waals surface area contributed by atoms with Gasteiger partial charge >= 0.3 is 0 Å². The Bertz CT molecular complexity index is 351. The van der Waals surface area contributed by atoms with E-state index < -0.39 is 0 Å². The smallest absolute Gasteiger partial charge is 0.123 e. The van der Waals surface area contributed by atoms with Gasteiger partial charge in [0.05, 0.1) is 5.60 Å². The van der Waals surface area contributed by atoms with Gasteiger partial charge in [-0.2, -0.15) is 0 Å². The van der Waals surface area contributed by atoms with E-state index in [4.69, 9.17) is 10.6 Å². The van der Waals surface area contributed by atoms with Crippen LogP contribution >= 0.6 is 0 Å². The Balaban J connectivity index is 2.49. The standard InChI is InChI=1S/C14H23FN2O/c1-14(2,18-3)9-8-13(17-16)10-11-4-6-12(15)7-5-11/h4-7,13,17H,8-10,16H2,1-3H3. The molecule has 0 fully saturated rings. The molecule has 18 heavy (non-hydrogen) atoms. The third-order valence-electron chi connectivity index (χ3n) is 3.28. The lowest BCUT2D eigenvalue weighted by Crippen LogP contribution is -2.38. The van der Waals surface area contributed by atoms with E-state index in [1.54, 1.807) is 19.2 Å². The summed E-state index contributed by atoms with van der Waals surface area (Å²) in [4.78, 5) is 0. The second kappa shape index (κ2) is 6.83. The zero-order valence-corrected chi connectivity index (χ0v) is 11.4. The first-order valence-electron chi connectivity index (χ1n) is 6.22. The van der Waals surface area contributed by atoms with Gasteiger partial charge in [0.2, 0.25) is 0 Å². The number of benzene rings is 1. The van der Waals surface area contributed by atoms with Gasteiger partial charge in [-0.05, 0) is 50.8 Å². The summed E-state index contributed by atoms with van der Waals surface area (Å²) < 4.78 is 18.2. The van der Waals surface area contributed by atoms with Gasteiger partial charge < -0.3 is 4.74 Å². The molecular weight excluding hydrogens is 231 g/mol. The maximum atomic E-state index is 12.8. The fourth-order valence-electron chi connectivity index (χ4n) is 1.77. The maximum absolute atomic E-state index is 12.8. The van der Waals surface area contributed by atoms with Gasteiger partial charge in [0.25, 0.3) is 0 Å². The number of methoxy groups -OCH3 is 1. The molecule has 102 valence electrons. The molecular formula is C14H23FN2O. The van der Waals surface area contributed by atoms with Crippen LogP contribution in [0.4, 0.5) is 4.39 Å². The molecule has 0 saturated heterocycles. The minimum absolute atomic E-state index is 0.141. The number of ether oxygens (including phenoxy) is 1. The zero-order valence-electron chi connectivity index (χ0n) is 11.4. The monoisotopic (exact) mass is 254 g/mol. The van der Waals surface area contributed by atoms with Crippen molar-refractivity contribution < 1.29 is 9.13 Å². The number of halogens is 1. The van der Waals surface area contributed by atoms with E-state index in [9.17, 15) is 4.39 Å². The van der Waals surface area contributed by atoms with Gasteiger partial charge in [0.1, 0.15) is 5.82 Å². The SMILES string of the molecule is COC(C)(C)CCC(Cc1ccc(F)cc1)NN. The van der Waals surface area contributed by atoms with E-state index in [2.05, 4.69) is 19.3 Å². The van der Waals surface area contributed by atoms with Crippen molar-refractivity contribution in [1.29, 1.82) is 0 Å². The first-order chi connectivity index (χ1) is 8.46. The molecule has 1 atom stereocenters. The third-order valence-corrected chi connectivity index (χ3v) is 3.28. The molecule has 0 aliphatic rings. The molecule has 0 radical (unpaired) electrons. The van der Waals surface area contributed by atoms with Crippen LogP contribution in [0.1, 0.15) is 32.3 Å². The van der Waals surface area contributed by atoms with E-state index in [1.807, 2.05) is 0 Å². The number of rotatable bonds is 7. The molecule has 0 heterocycles. The van der Waals surface area contributed by atoms with Crippen LogP contribution in [-0.2, 0) is 11.2 Å². The second-order valence-corrected chi connectivity index (χ2v) is 5.20. The minimum atomic E-state index is -0.212. The lowest BCUT2D eigenvalue weighted by atomic mass is 9.95. The Morgan fingerprint density at radius 2 is 1.94 bits per heavy atom. The van der Waals surface area contributed by atoms with Crippen molar-refractivity contribution in [3.8, 4) is 0 Å². The van der Waals surface area contributed by atoms with Crippen molar-refractivity contribution in [2.45, 2.75) is 44.8 Å². The molecule has 4 heteroatoms. The summed E-state index contributed by atoms with van der Waals surface area (Å²) in [6.07, 6.45) is 2.62. The average molecular weight is 254 g/mol. The number of hydrazine groups is 1. The normalized spacial score (nSPS) is 13.6. The molecule has 1 aromatic rings. The van der Waals surface area contributed by atoms with E-state index in [0.717, 1.165) is 24.8 Å². The predicted molar refractivity (Wildman–Crippen MR) is 71.5 cm³/mol. The van der Waals surface area contributed by atoms with Gasteiger partial charge in [-0.15, -0.1) is 0 Å². The van der Waals surface area contributed by atoms with E-state index >= 15 is 0 Å². The van der Waals surface area contributed by atoms with Gasteiger partial charge in [-0.1, -0.05) is 12.1 Å². The number of hydrogen-bond donors (Lipinski definition) is 2. The molecule has 0 aromatic heterocycles. The van der Waals surface area contributed by atoms with Crippen LogP contribution in [0.3, 0.4) is 0 Å². The van der Waals surface area contributed by atoms with Crippen LogP contribution in [0.5, 0.6) is 0 Å². The highest BCUT2D eigenvalue weighted by Crippen LogP contribution is 2.18. The predicted octanol–water partition coefficient (Wildman–Crippen LogP) is 2.41. The Morgan fingerprint density at radius 1 is 1.33 bits per heavy atom. The van der Waals surface area contributed by atoms with Crippen molar-refractivity contribution in [2.24, 2.45) is 5.84 Å². The lowest BCUT2D eigenvalue weighted by molar-refractivity contribution is 0.0117. The number of hydrogen-bond acceptors (Lipinski definition) is 3. The summed E-state index contributed by atoms with van der Waals surface area (Å²) in [6.45, 7) is 4.11. The van der Waals surface area contributed by atoms with Crippen LogP contribution < -0.4 is 11.3 Å². The molecule has 0 saturated carbocycles. The van der Waals surface area contributed by atoms with Crippen molar-refractivity contribution >= 4 is 0 Å². The number of nitrogens with one attached hydrogen (secondary N) is 1. The highest BCUT2D eigenvalue weighted by Gasteiger charge is 2.18. The van der Waals surface area contributed by atoms with E-state index in [-0.39, 0.29) is 17.5 Å².